The molecule has 11 heteroatoms. The van der Waals surface area contributed by atoms with E-state index in [2.05, 4.69) is 0 Å². The Bertz CT molecular complexity index is 1400. The molecule has 0 saturated carbocycles. The molecule has 41 heavy (non-hydrogen) atoms. The van der Waals surface area contributed by atoms with Gasteiger partial charge in [0.1, 0.15) is 35.6 Å². The van der Waals surface area contributed by atoms with Gasteiger partial charge in [0, 0.05) is 5.56 Å². The molecule has 10 nitrogen and oxygen atoms in total. The first-order chi connectivity index (χ1) is 20.0. The van der Waals surface area contributed by atoms with Crippen molar-refractivity contribution in [3.8, 4) is 11.5 Å². The van der Waals surface area contributed by atoms with Gasteiger partial charge in [0.2, 0.25) is 6.29 Å². The molecule has 0 unspecified atom stereocenters. The maximum absolute atomic E-state index is 13.7. The molecule has 0 aromatic heterocycles. The molecule has 212 valence electrons. The van der Waals surface area contributed by atoms with Crippen LogP contribution in [0.3, 0.4) is 0 Å². The number of carbonyl (C=O) groups excluding carboxylic acids is 3. The molecule has 0 radical (unpaired) electrons. The second-order valence-corrected chi connectivity index (χ2v) is 9.88. The number of rotatable bonds is 7. The first-order valence-electron chi connectivity index (χ1n) is 13.0. The number of carbonyl (C=O) groups is 3. The Hall–Kier alpha value is -3.96. The molecule has 3 heterocycles. The van der Waals surface area contributed by atoms with Crippen LogP contribution in [0.5, 0.6) is 11.5 Å². The van der Waals surface area contributed by atoms with E-state index in [1.54, 1.807) is 55.6 Å². The third-order valence-corrected chi connectivity index (χ3v) is 7.41. The lowest BCUT2D eigenvalue weighted by molar-refractivity contribution is -0.339. The molecule has 0 aliphatic carbocycles. The number of alkyl halides is 1. The fraction of sp³-hybridized carbons (Fsp3) is 0.300. The Balaban J connectivity index is 1.40. The second-order valence-electron chi connectivity index (χ2n) is 9.62. The third kappa shape index (κ3) is 5.15. The number of imide groups is 1. The van der Waals surface area contributed by atoms with Crippen LogP contribution in [0, 0.1) is 0 Å². The molecular formula is C30H26ClNO9. The smallest absolute Gasteiger partial charge is 0.321 e. The number of hydrogen-bond acceptors (Lipinski definition) is 9. The number of methoxy groups -OCH3 is 1. The van der Waals surface area contributed by atoms with Gasteiger partial charge in [-0.3, -0.25) is 19.3 Å². The number of benzene rings is 3. The first kappa shape index (κ1) is 27.2. The van der Waals surface area contributed by atoms with Crippen LogP contribution >= 0.6 is 11.6 Å². The number of esters is 1. The van der Waals surface area contributed by atoms with Gasteiger partial charge in [0.05, 0.1) is 24.8 Å². The van der Waals surface area contributed by atoms with Gasteiger partial charge in [-0.2, -0.15) is 0 Å². The van der Waals surface area contributed by atoms with Gasteiger partial charge in [-0.05, 0) is 36.4 Å². The van der Waals surface area contributed by atoms with E-state index in [0.717, 1.165) is 10.5 Å². The van der Waals surface area contributed by atoms with Crippen LogP contribution < -0.4 is 9.47 Å². The summed E-state index contributed by atoms with van der Waals surface area (Å²) in [6, 6.07) is 21.2. The predicted molar refractivity (Wildman–Crippen MR) is 144 cm³/mol. The third-order valence-electron chi connectivity index (χ3n) is 7.19. The maximum atomic E-state index is 13.7. The van der Waals surface area contributed by atoms with E-state index in [9.17, 15) is 14.4 Å². The summed E-state index contributed by atoms with van der Waals surface area (Å²) >= 11 is 5.84. The summed E-state index contributed by atoms with van der Waals surface area (Å²) in [5.41, 5.74) is 1.18. The van der Waals surface area contributed by atoms with E-state index in [4.69, 9.17) is 40.0 Å². The van der Waals surface area contributed by atoms with Gasteiger partial charge in [-0.1, -0.05) is 42.5 Å². The molecule has 0 bridgehead atoms. The van der Waals surface area contributed by atoms with Crippen molar-refractivity contribution < 1.29 is 42.8 Å². The molecule has 0 N–H and O–H groups in total. The standard InChI is InChI=1S/C30H26ClNO9/c1-36-18-11-13-19(14-12-18)38-30-24(32-27(34)20-9-5-6-10-21(20)28(32)35)26(40-23(33)15-31)25-22(39-30)16-37-29(41-25)17-7-3-2-4-8-17/h2-14,22,24-26,29-30H,15-16H2,1H3/t22-,24-,25-,26-,29-,30-/m1/s1. The zero-order valence-electron chi connectivity index (χ0n) is 21.9. The van der Waals surface area contributed by atoms with Gasteiger partial charge in [-0.15, -0.1) is 11.6 Å². The van der Waals surface area contributed by atoms with Crippen LogP contribution in [-0.2, 0) is 23.7 Å². The molecule has 2 saturated heterocycles. The van der Waals surface area contributed by atoms with Crippen LogP contribution in [0.1, 0.15) is 32.6 Å². The highest BCUT2D eigenvalue weighted by molar-refractivity contribution is 6.26. The number of ether oxygens (including phenoxy) is 6. The van der Waals surface area contributed by atoms with Crippen molar-refractivity contribution in [2.75, 3.05) is 19.6 Å². The topological polar surface area (TPSA) is 110 Å². The largest absolute Gasteiger partial charge is 0.497 e. The summed E-state index contributed by atoms with van der Waals surface area (Å²) in [4.78, 5) is 41.0. The lowest BCUT2D eigenvalue weighted by Gasteiger charge is -2.50. The number of amides is 2. The Labute approximate surface area is 240 Å². The van der Waals surface area contributed by atoms with Gasteiger partial charge in [0.15, 0.2) is 12.4 Å². The van der Waals surface area contributed by atoms with E-state index < -0.39 is 60.6 Å². The minimum Gasteiger partial charge on any atom is -0.497 e. The van der Waals surface area contributed by atoms with Crippen molar-refractivity contribution in [1.29, 1.82) is 0 Å². The average molecular weight is 580 g/mol. The number of halogens is 1. The van der Waals surface area contributed by atoms with Crippen molar-refractivity contribution in [1.82, 2.24) is 4.90 Å². The normalized spacial score (nSPS) is 27.1. The van der Waals surface area contributed by atoms with E-state index >= 15 is 0 Å². The molecule has 3 aliphatic heterocycles. The van der Waals surface area contributed by atoms with Gasteiger partial charge in [0.25, 0.3) is 11.8 Å². The van der Waals surface area contributed by atoms with E-state index in [1.807, 2.05) is 30.3 Å². The molecule has 3 aliphatic rings. The quantitative estimate of drug-likeness (QED) is 0.235. The summed E-state index contributed by atoms with van der Waals surface area (Å²) in [6.45, 7) is 0.0659. The fourth-order valence-electron chi connectivity index (χ4n) is 5.29. The van der Waals surface area contributed by atoms with Gasteiger partial charge in [-0.25, -0.2) is 0 Å². The summed E-state index contributed by atoms with van der Waals surface area (Å²) in [5.74, 6) is -1.37. The minimum atomic E-state index is -1.25. The first-order valence-corrected chi connectivity index (χ1v) is 13.5. The number of nitrogens with zero attached hydrogens (tertiary/aromatic N) is 1. The molecule has 2 amide bonds. The lowest BCUT2D eigenvalue weighted by Crippen LogP contribution is -2.69. The van der Waals surface area contributed by atoms with E-state index in [-0.39, 0.29) is 17.7 Å². The molecule has 6 rings (SSSR count). The van der Waals surface area contributed by atoms with E-state index in [0.29, 0.717) is 11.5 Å². The van der Waals surface area contributed by atoms with Crippen LogP contribution in [-0.4, -0.2) is 72.9 Å². The molecular weight excluding hydrogens is 554 g/mol. The summed E-state index contributed by atoms with van der Waals surface area (Å²) < 4.78 is 35.9. The highest BCUT2D eigenvalue weighted by atomic mass is 35.5. The molecule has 0 spiro atoms. The van der Waals surface area contributed by atoms with Crippen LogP contribution in [0.15, 0.2) is 78.9 Å². The van der Waals surface area contributed by atoms with Crippen LogP contribution in [0.4, 0.5) is 0 Å². The predicted octanol–water partition coefficient (Wildman–Crippen LogP) is 3.73. The van der Waals surface area contributed by atoms with Gasteiger partial charge >= 0.3 is 5.97 Å². The van der Waals surface area contributed by atoms with E-state index in [1.165, 1.54) is 0 Å². The van der Waals surface area contributed by atoms with Crippen molar-refractivity contribution in [2.24, 2.45) is 0 Å². The number of hydrogen-bond donors (Lipinski definition) is 0. The second kappa shape index (κ2) is 11.5. The zero-order chi connectivity index (χ0) is 28.5. The van der Waals surface area contributed by atoms with Crippen molar-refractivity contribution in [3.63, 3.8) is 0 Å². The van der Waals surface area contributed by atoms with Crippen LogP contribution in [0.2, 0.25) is 0 Å². The van der Waals surface area contributed by atoms with Crippen molar-refractivity contribution in [2.45, 2.75) is 36.9 Å². The highest BCUT2D eigenvalue weighted by Gasteiger charge is 2.58. The van der Waals surface area contributed by atoms with Gasteiger partial charge < -0.3 is 28.4 Å². The monoisotopic (exact) mass is 579 g/mol. The van der Waals surface area contributed by atoms with Crippen molar-refractivity contribution >= 4 is 29.4 Å². The highest BCUT2D eigenvalue weighted by Crippen LogP contribution is 2.40. The lowest BCUT2D eigenvalue weighted by atomic mass is 9.94. The summed E-state index contributed by atoms with van der Waals surface area (Å²) in [6.07, 6.45) is -4.94. The molecule has 3 aromatic rings. The summed E-state index contributed by atoms with van der Waals surface area (Å²) in [5, 5.41) is 0. The molecule has 2 fully saturated rings. The Morgan fingerprint density at radius 3 is 2.17 bits per heavy atom. The summed E-state index contributed by atoms with van der Waals surface area (Å²) in [7, 11) is 1.54. The Morgan fingerprint density at radius 2 is 1.54 bits per heavy atom. The van der Waals surface area contributed by atoms with Crippen molar-refractivity contribution in [3.05, 3.63) is 95.6 Å². The van der Waals surface area contributed by atoms with Crippen LogP contribution in [0.25, 0.3) is 0 Å². The Kier molecular flexibility index (Phi) is 7.63. The Morgan fingerprint density at radius 1 is 0.902 bits per heavy atom. The SMILES string of the molecule is COc1ccc(O[C@@H]2O[C@@H]3CO[C@@H](c4ccccc4)O[C@H]3[C@H](OC(=O)CCl)[C@H]2N2C(=O)c3ccccc3C2=O)cc1. The zero-order valence-corrected chi connectivity index (χ0v) is 22.6. The minimum absolute atomic E-state index is 0.0659. The average Bonchev–Trinajstić information content (AvgIpc) is 3.27. The maximum Gasteiger partial charge on any atom is 0.321 e. The molecule has 3 aromatic carbocycles. The molecule has 6 atom stereocenters. The fourth-order valence-corrected chi connectivity index (χ4v) is 5.36. The number of fused-ring (bicyclic) bond motifs is 2.